The van der Waals surface area contributed by atoms with E-state index in [1.165, 1.54) is 5.69 Å². The Balaban J connectivity index is 2.52. The molecule has 104 valence electrons. The van der Waals surface area contributed by atoms with Gasteiger partial charge in [-0.1, -0.05) is 20.8 Å². The molecule has 0 aliphatic rings. The Labute approximate surface area is 111 Å². The normalized spacial score (nSPS) is 12.1. The first-order valence-corrected chi connectivity index (χ1v) is 6.65. The van der Waals surface area contributed by atoms with Crippen LogP contribution in [0.25, 0.3) is 0 Å². The predicted octanol–water partition coefficient (Wildman–Crippen LogP) is 2.36. The molecule has 0 fully saturated rings. The van der Waals surface area contributed by atoms with E-state index in [9.17, 15) is 0 Å². The Kier molecular flexibility index (Phi) is 5.82. The van der Waals surface area contributed by atoms with Crippen LogP contribution in [0.15, 0.2) is 6.20 Å². The summed E-state index contributed by atoms with van der Waals surface area (Å²) in [5.41, 5.74) is 1.62. The predicted molar refractivity (Wildman–Crippen MR) is 74.6 cm³/mol. The van der Waals surface area contributed by atoms with Gasteiger partial charge < -0.3 is 14.6 Å². The third-order valence-electron chi connectivity index (χ3n) is 3.01. The highest BCUT2D eigenvalue weighted by Crippen LogP contribution is 2.20. The number of hydrogen-bond donors (Lipinski definition) is 1. The minimum Gasteiger partial charge on any atom is -0.383 e. The smallest absolute Gasteiger partial charge is 0.105 e. The number of imidazole rings is 1. The van der Waals surface area contributed by atoms with Crippen LogP contribution in [0.4, 0.5) is 0 Å². The highest BCUT2D eigenvalue weighted by Gasteiger charge is 2.13. The van der Waals surface area contributed by atoms with Gasteiger partial charge in [0, 0.05) is 32.9 Å². The van der Waals surface area contributed by atoms with Crippen LogP contribution in [0.2, 0.25) is 0 Å². The van der Waals surface area contributed by atoms with Crippen molar-refractivity contribution < 1.29 is 4.74 Å². The van der Waals surface area contributed by atoms with E-state index in [0.29, 0.717) is 5.41 Å². The maximum atomic E-state index is 5.02. The molecule has 0 saturated heterocycles. The van der Waals surface area contributed by atoms with Crippen molar-refractivity contribution in [1.82, 2.24) is 14.9 Å². The number of methoxy groups -OCH3 is 1. The molecule has 0 unspecified atom stereocenters. The molecule has 18 heavy (non-hydrogen) atoms. The molecule has 1 rings (SSSR count). The Bertz CT molecular complexity index is 352. The van der Waals surface area contributed by atoms with Crippen molar-refractivity contribution in [2.75, 3.05) is 20.3 Å². The third kappa shape index (κ3) is 5.19. The summed E-state index contributed by atoms with van der Waals surface area (Å²) in [7, 11) is 1.72. The highest BCUT2D eigenvalue weighted by atomic mass is 16.5. The van der Waals surface area contributed by atoms with Crippen LogP contribution in [0.3, 0.4) is 0 Å². The molecule has 1 N–H and O–H groups in total. The Morgan fingerprint density at radius 2 is 2.11 bits per heavy atom. The molecule has 0 atom stereocenters. The molecule has 1 aromatic rings. The molecule has 1 aromatic heterocycles. The summed E-state index contributed by atoms with van der Waals surface area (Å²) in [5, 5.41) is 3.37. The Morgan fingerprint density at radius 3 is 2.72 bits per heavy atom. The van der Waals surface area contributed by atoms with Gasteiger partial charge in [0.2, 0.25) is 0 Å². The largest absolute Gasteiger partial charge is 0.383 e. The highest BCUT2D eigenvalue weighted by molar-refractivity contribution is 5.04. The molecule has 0 aliphatic heterocycles. The molecular weight excluding hydrogens is 226 g/mol. The second-order valence-electron chi connectivity index (χ2n) is 5.93. The fourth-order valence-electron chi connectivity index (χ4n) is 1.80. The number of rotatable bonds is 7. The van der Waals surface area contributed by atoms with Crippen LogP contribution in [0.1, 0.15) is 38.7 Å². The minimum absolute atomic E-state index is 0.359. The van der Waals surface area contributed by atoms with E-state index < -0.39 is 0 Å². The van der Waals surface area contributed by atoms with E-state index in [-0.39, 0.29) is 0 Å². The number of aromatic nitrogens is 2. The van der Waals surface area contributed by atoms with Crippen LogP contribution in [-0.2, 0) is 17.8 Å². The van der Waals surface area contributed by atoms with Gasteiger partial charge >= 0.3 is 0 Å². The zero-order valence-electron chi connectivity index (χ0n) is 12.4. The SMILES string of the molecule is COCCNCc1cnc(C)n1CCC(C)(C)C. The van der Waals surface area contributed by atoms with Gasteiger partial charge in [-0.15, -0.1) is 0 Å². The van der Waals surface area contributed by atoms with Gasteiger partial charge in [-0.25, -0.2) is 4.98 Å². The maximum absolute atomic E-state index is 5.02. The summed E-state index contributed by atoms with van der Waals surface area (Å²) in [6.45, 7) is 12.4. The van der Waals surface area contributed by atoms with Gasteiger partial charge in [0.05, 0.1) is 12.3 Å². The number of aryl methyl sites for hydroxylation is 1. The van der Waals surface area contributed by atoms with Crippen LogP contribution in [0, 0.1) is 12.3 Å². The standard InChI is InChI=1S/C14H27N3O/c1-12-16-11-13(10-15-7-9-18-5)17(12)8-6-14(2,3)4/h11,15H,6-10H2,1-5H3. The van der Waals surface area contributed by atoms with Crippen molar-refractivity contribution in [3.05, 3.63) is 17.7 Å². The number of nitrogens with zero attached hydrogens (tertiary/aromatic N) is 2. The number of hydrogen-bond acceptors (Lipinski definition) is 3. The summed E-state index contributed by atoms with van der Waals surface area (Å²) in [5.74, 6) is 1.10. The average molecular weight is 253 g/mol. The second-order valence-corrected chi connectivity index (χ2v) is 5.93. The molecule has 4 heteroatoms. The van der Waals surface area contributed by atoms with E-state index >= 15 is 0 Å². The maximum Gasteiger partial charge on any atom is 0.105 e. The minimum atomic E-state index is 0.359. The van der Waals surface area contributed by atoms with Gasteiger partial charge in [-0.2, -0.15) is 0 Å². The van der Waals surface area contributed by atoms with Crippen LogP contribution < -0.4 is 5.32 Å². The molecule has 0 saturated carbocycles. The monoisotopic (exact) mass is 253 g/mol. The van der Waals surface area contributed by atoms with Crippen molar-refractivity contribution in [3.63, 3.8) is 0 Å². The van der Waals surface area contributed by atoms with E-state index in [1.807, 2.05) is 6.20 Å². The van der Waals surface area contributed by atoms with Crippen LogP contribution in [-0.4, -0.2) is 29.8 Å². The van der Waals surface area contributed by atoms with Crippen molar-refractivity contribution in [2.45, 2.75) is 47.2 Å². The van der Waals surface area contributed by atoms with Gasteiger partial charge in [0.1, 0.15) is 5.82 Å². The Morgan fingerprint density at radius 1 is 1.39 bits per heavy atom. The first-order valence-electron chi connectivity index (χ1n) is 6.65. The first kappa shape index (κ1) is 15.2. The summed E-state index contributed by atoms with van der Waals surface area (Å²) in [4.78, 5) is 4.41. The van der Waals surface area contributed by atoms with Crippen LogP contribution >= 0.6 is 0 Å². The molecule has 0 aliphatic carbocycles. The van der Waals surface area contributed by atoms with Crippen molar-refractivity contribution in [2.24, 2.45) is 5.41 Å². The fourth-order valence-corrected chi connectivity index (χ4v) is 1.80. The quantitative estimate of drug-likeness (QED) is 0.758. The molecule has 0 radical (unpaired) electrons. The zero-order chi connectivity index (χ0) is 13.6. The van der Waals surface area contributed by atoms with Gasteiger partial charge in [-0.3, -0.25) is 0 Å². The van der Waals surface area contributed by atoms with Crippen molar-refractivity contribution >= 4 is 0 Å². The van der Waals surface area contributed by atoms with Gasteiger partial charge in [0.15, 0.2) is 0 Å². The summed E-state index contributed by atoms with van der Waals surface area (Å²) in [6.07, 6.45) is 3.13. The summed E-state index contributed by atoms with van der Waals surface area (Å²) < 4.78 is 7.33. The van der Waals surface area contributed by atoms with Gasteiger partial charge in [-0.05, 0) is 18.8 Å². The lowest BCUT2D eigenvalue weighted by Crippen LogP contribution is -2.21. The van der Waals surface area contributed by atoms with Crippen molar-refractivity contribution in [1.29, 1.82) is 0 Å². The number of nitrogens with one attached hydrogen (secondary N) is 1. The molecule has 0 bridgehead atoms. The van der Waals surface area contributed by atoms with Gasteiger partial charge in [0.25, 0.3) is 0 Å². The molecule has 0 amide bonds. The van der Waals surface area contributed by atoms with Crippen LogP contribution in [0.5, 0.6) is 0 Å². The molecule has 0 aromatic carbocycles. The lowest BCUT2D eigenvalue weighted by molar-refractivity contribution is 0.199. The second kappa shape index (κ2) is 6.90. The summed E-state index contributed by atoms with van der Waals surface area (Å²) in [6, 6.07) is 0. The molecule has 1 heterocycles. The molecule has 0 spiro atoms. The van der Waals surface area contributed by atoms with E-state index in [0.717, 1.165) is 38.5 Å². The van der Waals surface area contributed by atoms with Crippen molar-refractivity contribution in [3.8, 4) is 0 Å². The lowest BCUT2D eigenvalue weighted by Gasteiger charge is -2.20. The Hall–Kier alpha value is -0.870. The lowest BCUT2D eigenvalue weighted by atomic mass is 9.92. The topological polar surface area (TPSA) is 39.1 Å². The summed E-state index contributed by atoms with van der Waals surface area (Å²) >= 11 is 0. The zero-order valence-corrected chi connectivity index (χ0v) is 12.4. The van der Waals surface area contributed by atoms with E-state index in [1.54, 1.807) is 7.11 Å². The fraction of sp³-hybridized carbons (Fsp3) is 0.786. The first-order chi connectivity index (χ1) is 8.44. The van der Waals surface area contributed by atoms with E-state index in [4.69, 9.17) is 4.74 Å². The molecular formula is C14H27N3O. The number of ether oxygens (including phenoxy) is 1. The molecule has 4 nitrogen and oxygen atoms in total. The van der Waals surface area contributed by atoms with E-state index in [2.05, 4.69) is 42.6 Å². The average Bonchev–Trinajstić information content (AvgIpc) is 2.62. The third-order valence-corrected chi connectivity index (χ3v) is 3.01.